The molecule has 0 bridgehead atoms. The molecule has 0 heterocycles. The first kappa shape index (κ1) is 24.0. The Morgan fingerprint density at radius 1 is 0.879 bits per heavy atom. The highest BCUT2D eigenvalue weighted by Gasteiger charge is 2.13. The van der Waals surface area contributed by atoms with Crippen LogP contribution in [0.2, 0.25) is 0 Å². The smallest absolute Gasteiger partial charge is 0.343 e. The molecule has 0 saturated heterocycles. The summed E-state index contributed by atoms with van der Waals surface area (Å²) in [6.07, 6.45) is 1.48. The Balaban J connectivity index is 1.67. The summed E-state index contributed by atoms with van der Waals surface area (Å²) in [4.78, 5) is 24.7. The van der Waals surface area contributed by atoms with Crippen LogP contribution in [0, 0.1) is 0 Å². The Bertz CT molecular complexity index is 1130. The molecule has 1 amide bonds. The molecule has 3 aromatic carbocycles. The summed E-state index contributed by atoms with van der Waals surface area (Å²) in [5, 5.41) is 3.99. The maximum atomic E-state index is 12.5. The van der Waals surface area contributed by atoms with E-state index in [4.69, 9.17) is 14.2 Å². The van der Waals surface area contributed by atoms with E-state index in [1.807, 2.05) is 13.8 Å². The van der Waals surface area contributed by atoms with Crippen LogP contribution >= 0.6 is 15.9 Å². The lowest BCUT2D eigenvalue weighted by Crippen LogP contribution is -2.17. The van der Waals surface area contributed by atoms with Crippen molar-refractivity contribution in [3.8, 4) is 17.2 Å². The predicted octanol–water partition coefficient (Wildman–Crippen LogP) is 5.23. The molecule has 3 aromatic rings. The molecular formula is C25H23BrN2O5. The van der Waals surface area contributed by atoms with Gasteiger partial charge >= 0.3 is 5.97 Å². The zero-order chi connectivity index (χ0) is 23.6. The lowest BCUT2D eigenvalue weighted by atomic mass is 10.2. The van der Waals surface area contributed by atoms with Gasteiger partial charge in [0, 0.05) is 10.0 Å². The molecule has 0 atom stereocenters. The summed E-state index contributed by atoms with van der Waals surface area (Å²) in [5.74, 6) is 0.513. The third-order valence-electron chi connectivity index (χ3n) is 4.36. The largest absolute Gasteiger partial charge is 0.494 e. The van der Waals surface area contributed by atoms with Crippen LogP contribution in [0.5, 0.6) is 17.2 Å². The monoisotopic (exact) mass is 510 g/mol. The summed E-state index contributed by atoms with van der Waals surface area (Å²) in [7, 11) is 0. The summed E-state index contributed by atoms with van der Waals surface area (Å²) >= 11 is 3.33. The van der Waals surface area contributed by atoms with Crippen LogP contribution in [-0.4, -0.2) is 31.3 Å². The fraction of sp³-hybridized carbons (Fsp3) is 0.160. The molecule has 0 saturated carbocycles. The Kier molecular flexibility index (Phi) is 8.60. The van der Waals surface area contributed by atoms with E-state index < -0.39 is 5.97 Å². The van der Waals surface area contributed by atoms with E-state index in [-0.39, 0.29) is 11.7 Å². The SMILES string of the molecule is CCOc1ccc(C(=O)Oc2ccc(/C=N/NC(=O)c3ccc(Br)cc3)cc2OCC)cc1. The van der Waals surface area contributed by atoms with Crippen molar-refractivity contribution in [1.82, 2.24) is 5.43 Å². The van der Waals surface area contributed by atoms with E-state index in [1.165, 1.54) is 6.21 Å². The molecular weight excluding hydrogens is 488 g/mol. The van der Waals surface area contributed by atoms with Gasteiger partial charge in [0.1, 0.15) is 5.75 Å². The first-order valence-corrected chi connectivity index (χ1v) is 11.1. The third kappa shape index (κ3) is 6.92. The molecule has 0 aliphatic heterocycles. The van der Waals surface area contributed by atoms with Gasteiger partial charge in [-0.05, 0) is 86.1 Å². The molecule has 3 rings (SSSR count). The molecule has 8 heteroatoms. The number of carbonyl (C=O) groups is 2. The topological polar surface area (TPSA) is 86.2 Å². The van der Waals surface area contributed by atoms with Crippen molar-refractivity contribution in [2.24, 2.45) is 5.10 Å². The molecule has 0 unspecified atom stereocenters. The minimum atomic E-state index is -0.512. The highest BCUT2D eigenvalue weighted by Crippen LogP contribution is 2.29. The number of benzene rings is 3. The standard InChI is InChI=1S/C25H23BrN2O5/c1-3-31-21-12-8-19(9-13-21)25(30)33-22-14-5-17(15-23(22)32-4-2)16-27-28-24(29)18-6-10-20(26)11-7-18/h5-16H,3-4H2,1-2H3,(H,28,29)/b27-16+. The van der Waals surface area contributed by atoms with Gasteiger partial charge in [0.25, 0.3) is 5.91 Å². The van der Waals surface area contributed by atoms with Gasteiger partial charge < -0.3 is 14.2 Å². The van der Waals surface area contributed by atoms with E-state index in [9.17, 15) is 9.59 Å². The molecule has 0 aliphatic carbocycles. The molecule has 7 nitrogen and oxygen atoms in total. The lowest BCUT2D eigenvalue weighted by Gasteiger charge is -2.11. The first-order valence-electron chi connectivity index (χ1n) is 10.3. The number of hydrogen-bond acceptors (Lipinski definition) is 6. The van der Waals surface area contributed by atoms with Crippen LogP contribution in [0.25, 0.3) is 0 Å². The first-order chi connectivity index (χ1) is 16.0. The number of hydrogen-bond donors (Lipinski definition) is 1. The van der Waals surface area contributed by atoms with E-state index in [0.29, 0.717) is 41.4 Å². The number of carbonyl (C=O) groups excluding carboxylic acids is 2. The maximum Gasteiger partial charge on any atom is 0.343 e. The highest BCUT2D eigenvalue weighted by atomic mass is 79.9. The van der Waals surface area contributed by atoms with Crippen LogP contribution in [0.15, 0.2) is 76.3 Å². The van der Waals surface area contributed by atoms with Gasteiger partial charge in [0.2, 0.25) is 0 Å². The minimum Gasteiger partial charge on any atom is -0.494 e. The summed E-state index contributed by atoms with van der Waals surface area (Å²) in [6.45, 7) is 4.65. The number of ether oxygens (including phenoxy) is 3. The van der Waals surface area contributed by atoms with E-state index in [1.54, 1.807) is 66.7 Å². The van der Waals surface area contributed by atoms with Gasteiger partial charge in [-0.15, -0.1) is 0 Å². The Morgan fingerprint density at radius 2 is 1.55 bits per heavy atom. The second-order valence-corrected chi connectivity index (χ2v) is 7.61. The lowest BCUT2D eigenvalue weighted by molar-refractivity contribution is 0.0728. The molecule has 0 aliphatic rings. The van der Waals surface area contributed by atoms with Gasteiger partial charge in [0.15, 0.2) is 11.5 Å². The molecule has 1 N–H and O–H groups in total. The van der Waals surface area contributed by atoms with Gasteiger partial charge in [0.05, 0.1) is 25.0 Å². The van der Waals surface area contributed by atoms with Crippen LogP contribution < -0.4 is 19.6 Å². The number of amides is 1. The average Bonchev–Trinajstić information content (AvgIpc) is 2.82. The van der Waals surface area contributed by atoms with Gasteiger partial charge in [-0.3, -0.25) is 4.79 Å². The molecule has 170 valence electrons. The summed E-state index contributed by atoms with van der Waals surface area (Å²) in [5.41, 5.74) is 4.02. The van der Waals surface area contributed by atoms with E-state index in [0.717, 1.165) is 4.47 Å². The van der Waals surface area contributed by atoms with Gasteiger partial charge in [-0.2, -0.15) is 5.10 Å². The predicted molar refractivity (Wildman–Crippen MR) is 129 cm³/mol. The van der Waals surface area contributed by atoms with E-state index >= 15 is 0 Å². The fourth-order valence-electron chi connectivity index (χ4n) is 2.80. The zero-order valence-corrected chi connectivity index (χ0v) is 19.8. The van der Waals surface area contributed by atoms with Crippen molar-refractivity contribution in [3.63, 3.8) is 0 Å². The number of hydrazone groups is 1. The highest BCUT2D eigenvalue weighted by molar-refractivity contribution is 9.10. The van der Waals surface area contributed by atoms with Crippen molar-refractivity contribution in [2.75, 3.05) is 13.2 Å². The molecule has 0 aromatic heterocycles. The Hall–Kier alpha value is -3.65. The van der Waals surface area contributed by atoms with Crippen molar-refractivity contribution >= 4 is 34.0 Å². The van der Waals surface area contributed by atoms with Crippen LogP contribution in [0.4, 0.5) is 0 Å². The summed E-state index contributed by atoms with van der Waals surface area (Å²) < 4.78 is 17.4. The fourth-order valence-corrected chi connectivity index (χ4v) is 3.07. The Morgan fingerprint density at radius 3 is 2.21 bits per heavy atom. The molecule has 0 fully saturated rings. The molecule has 0 radical (unpaired) electrons. The van der Waals surface area contributed by atoms with Crippen molar-refractivity contribution in [2.45, 2.75) is 13.8 Å². The molecule has 0 spiro atoms. The van der Waals surface area contributed by atoms with Crippen molar-refractivity contribution < 1.29 is 23.8 Å². The Labute approximate surface area is 200 Å². The quantitative estimate of drug-likeness (QED) is 0.184. The van der Waals surface area contributed by atoms with Crippen molar-refractivity contribution in [3.05, 3.63) is 87.9 Å². The number of nitrogens with zero attached hydrogens (tertiary/aromatic N) is 1. The number of rotatable bonds is 9. The van der Waals surface area contributed by atoms with Crippen LogP contribution in [0.1, 0.15) is 40.1 Å². The number of esters is 1. The normalized spacial score (nSPS) is 10.6. The zero-order valence-electron chi connectivity index (χ0n) is 18.2. The van der Waals surface area contributed by atoms with Gasteiger partial charge in [-0.25, -0.2) is 10.2 Å². The third-order valence-corrected chi connectivity index (χ3v) is 4.89. The second-order valence-electron chi connectivity index (χ2n) is 6.69. The molecule has 33 heavy (non-hydrogen) atoms. The minimum absolute atomic E-state index is 0.284. The maximum absolute atomic E-state index is 12.5. The number of halogens is 1. The van der Waals surface area contributed by atoms with Gasteiger partial charge in [-0.1, -0.05) is 15.9 Å². The number of nitrogens with one attached hydrogen (secondary N) is 1. The van der Waals surface area contributed by atoms with Crippen molar-refractivity contribution in [1.29, 1.82) is 0 Å². The van der Waals surface area contributed by atoms with E-state index in [2.05, 4.69) is 26.5 Å². The summed E-state index contributed by atoms with van der Waals surface area (Å²) in [6, 6.07) is 18.7. The van der Waals surface area contributed by atoms with Crippen LogP contribution in [0.3, 0.4) is 0 Å². The second kappa shape index (κ2) is 11.8. The van der Waals surface area contributed by atoms with Crippen LogP contribution in [-0.2, 0) is 0 Å². The average molecular weight is 511 g/mol.